The van der Waals surface area contributed by atoms with Crippen LogP contribution in [0.15, 0.2) is 66.2 Å². The van der Waals surface area contributed by atoms with Gasteiger partial charge in [-0.2, -0.15) is 0 Å². The minimum Gasteiger partial charge on any atom is -0.358 e. The van der Waals surface area contributed by atoms with E-state index >= 15 is 0 Å². The molecule has 164 valence electrons. The average molecular weight is 455 g/mol. The molecule has 6 heteroatoms. The quantitative estimate of drug-likeness (QED) is 0.423. The van der Waals surface area contributed by atoms with Gasteiger partial charge < -0.3 is 4.90 Å². The minimum atomic E-state index is -0.728. The first-order chi connectivity index (χ1) is 16.0. The van der Waals surface area contributed by atoms with Crippen molar-refractivity contribution in [1.29, 1.82) is 0 Å². The van der Waals surface area contributed by atoms with Gasteiger partial charge in [0.2, 0.25) is 11.8 Å². The summed E-state index contributed by atoms with van der Waals surface area (Å²) in [5.74, 6) is -1.95. The van der Waals surface area contributed by atoms with Crippen LogP contribution in [0.1, 0.15) is 38.0 Å². The standard InChI is InChI=1S/C27H22N2O3S/c1-15-9-10-19(16(2)14-15)29-26(31)21-22(27(29)32)24(25(30)20-8-5-13-33-20)28-12-11-17-6-3-4-7-18(17)23(21)28/h3-14,21-24H,1-2H3. The summed E-state index contributed by atoms with van der Waals surface area (Å²) >= 11 is 1.37. The van der Waals surface area contributed by atoms with Crippen molar-refractivity contribution in [1.82, 2.24) is 4.90 Å². The number of hydrogen-bond acceptors (Lipinski definition) is 5. The van der Waals surface area contributed by atoms with Gasteiger partial charge in [-0.15, -0.1) is 11.3 Å². The third kappa shape index (κ3) is 2.80. The third-order valence-electron chi connectivity index (χ3n) is 7.09. The number of benzene rings is 2. The number of Topliss-reactive ketones (excluding diaryl/α,β-unsaturated/α-hetero) is 1. The molecule has 5 nitrogen and oxygen atoms in total. The molecule has 0 N–H and O–H groups in total. The summed E-state index contributed by atoms with van der Waals surface area (Å²) < 4.78 is 0. The van der Waals surface area contributed by atoms with Crippen LogP contribution < -0.4 is 4.90 Å². The summed E-state index contributed by atoms with van der Waals surface area (Å²) in [6.45, 7) is 3.90. The van der Waals surface area contributed by atoms with E-state index in [1.54, 1.807) is 6.07 Å². The van der Waals surface area contributed by atoms with Gasteiger partial charge in [0.15, 0.2) is 5.78 Å². The zero-order valence-electron chi connectivity index (χ0n) is 18.3. The molecule has 33 heavy (non-hydrogen) atoms. The molecule has 0 aliphatic carbocycles. The summed E-state index contributed by atoms with van der Waals surface area (Å²) in [5, 5.41) is 1.86. The first kappa shape index (κ1) is 20.1. The van der Waals surface area contributed by atoms with Gasteiger partial charge >= 0.3 is 0 Å². The van der Waals surface area contributed by atoms with E-state index in [1.165, 1.54) is 16.2 Å². The number of fused-ring (bicyclic) bond motifs is 5. The predicted molar refractivity (Wildman–Crippen MR) is 128 cm³/mol. The monoisotopic (exact) mass is 454 g/mol. The topological polar surface area (TPSA) is 57.7 Å². The van der Waals surface area contributed by atoms with E-state index in [4.69, 9.17) is 0 Å². The van der Waals surface area contributed by atoms with Crippen LogP contribution in [0.4, 0.5) is 5.69 Å². The Balaban J connectivity index is 1.51. The highest BCUT2D eigenvalue weighted by Crippen LogP contribution is 2.54. The van der Waals surface area contributed by atoms with E-state index in [0.717, 1.165) is 22.3 Å². The lowest BCUT2D eigenvalue weighted by molar-refractivity contribution is -0.123. The second-order valence-electron chi connectivity index (χ2n) is 8.98. The normalized spacial score (nSPS) is 25.3. The van der Waals surface area contributed by atoms with Crippen molar-refractivity contribution in [3.63, 3.8) is 0 Å². The average Bonchev–Trinajstić information content (AvgIpc) is 3.51. The Morgan fingerprint density at radius 2 is 1.73 bits per heavy atom. The molecule has 4 heterocycles. The van der Waals surface area contributed by atoms with E-state index in [-0.39, 0.29) is 23.6 Å². The van der Waals surface area contributed by atoms with Crippen LogP contribution in [0.2, 0.25) is 0 Å². The Bertz CT molecular complexity index is 1340. The smallest absolute Gasteiger partial charge is 0.240 e. The summed E-state index contributed by atoms with van der Waals surface area (Å²) in [6, 6.07) is 16.2. The molecular weight excluding hydrogens is 432 g/mol. The zero-order chi connectivity index (χ0) is 22.9. The zero-order valence-corrected chi connectivity index (χ0v) is 19.1. The van der Waals surface area contributed by atoms with E-state index in [0.29, 0.717) is 10.6 Å². The van der Waals surface area contributed by atoms with Crippen molar-refractivity contribution in [3.05, 3.63) is 93.3 Å². The highest BCUT2D eigenvalue weighted by Gasteiger charge is 2.64. The molecule has 3 aromatic rings. The highest BCUT2D eigenvalue weighted by molar-refractivity contribution is 7.12. The molecule has 0 saturated carbocycles. The van der Waals surface area contributed by atoms with Gasteiger partial charge in [-0.25, -0.2) is 4.90 Å². The number of hydrogen-bond donors (Lipinski definition) is 0. The lowest BCUT2D eigenvalue weighted by Gasteiger charge is -2.35. The predicted octanol–water partition coefficient (Wildman–Crippen LogP) is 4.76. The van der Waals surface area contributed by atoms with E-state index in [1.807, 2.05) is 84.9 Å². The van der Waals surface area contributed by atoms with Crippen molar-refractivity contribution >= 4 is 40.7 Å². The maximum Gasteiger partial charge on any atom is 0.240 e. The summed E-state index contributed by atoms with van der Waals surface area (Å²) in [6.07, 6.45) is 3.86. The highest BCUT2D eigenvalue weighted by atomic mass is 32.1. The third-order valence-corrected chi connectivity index (χ3v) is 7.97. The molecule has 6 rings (SSSR count). The fraction of sp³-hybridized carbons (Fsp3) is 0.222. The number of carbonyl (C=O) groups is 3. The van der Waals surface area contributed by atoms with Crippen LogP contribution in [-0.4, -0.2) is 28.5 Å². The molecule has 4 atom stereocenters. The Labute approximate surface area is 195 Å². The van der Waals surface area contributed by atoms with Crippen LogP contribution in [0.25, 0.3) is 6.08 Å². The molecule has 0 bridgehead atoms. The van der Waals surface area contributed by atoms with Crippen LogP contribution >= 0.6 is 11.3 Å². The first-order valence-electron chi connectivity index (χ1n) is 11.0. The minimum absolute atomic E-state index is 0.102. The second-order valence-corrected chi connectivity index (χ2v) is 9.92. The molecule has 2 saturated heterocycles. The summed E-state index contributed by atoms with van der Waals surface area (Å²) in [5.41, 5.74) is 4.56. The molecule has 2 fully saturated rings. The van der Waals surface area contributed by atoms with Crippen molar-refractivity contribution < 1.29 is 14.4 Å². The molecule has 1 aromatic heterocycles. The molecule has 0 spiro atoms. The molecule has 2 aromatic carbocycles. The van der Waals surface area contributed by atoms with E-state index in [2.05, 4.69) is 0 Å². The van der Waals surface area contributed by atoms with Gasteiger partial charge in [-0.05, 0) is 54.1 Å². The fourth-order valence-electron chi connectivity index (χ4n) is 5.72. The van der Waals surface area contributed by atoms with Crippen LogP contribution in [0, 0.1) is 25.7 Å². The summed E-state index contributed by atoms with van der Waals surface area (Å²) in [7, 11) is 0. The summed E-state index contributed by atoms with van der Waals surface area (Å²) in [4.78, 5) is 45.3. The van der Waals surface area contributed by atoms with Gasteiger partial charge in [0.05, 0.1) is 28.4 Å². The molecule has 3 aliphatic heterocycles. The number of aryl methyl sites for hydroxylation is 2. The van der Waals surface area contributed by atoms with Gasteiger partial charge in [0, 0.05) is 6.20 Å². The molecule has 4 unspecified atom stereocenters. The van der Waals surface area contributed by atoms with E-state index < -0.39 is 17.9 Å². The first-order valence-corrected chi connectivity index (χ1v) is 11.9. The van der Waals surface area contributed by atoms with Crippen LogP contribution in [0.3, 0.4) is 0 Å². The van der Waals surface area contributed by atoms with Crippen molar-refractivity contribution in [2.24, 2.45) is 11.8 Å². The van der Waals surface area contributed by atoms with Gasteiger partial charge in [-0.3, -0.25) is 14.4 Å². The maximum atomic E-state index is 13.9. The van der Waals surface area contributed by atoms with Crippen LogP contribution in [-0.2, 0) is 9.59 Å². The van der Waals surface area contributed by atoms with Gasteiger partial charge in [-0.1, -0.05) is 48.0 Å². The number of anilines is 1. The van der Waals surface area contributed by atoms with Gasteiger partial charge in [0.25, 0.3) is 0 Å². The number of nitrogens with zero attached hydrogens (tertiary/aromatic N) is 2. The fourth-order valence-corrected chi connectivity index (χ4v) is 6.41. The second kappa shape index (κ2) is 7.25. The lowest BCUT2D eigenvalue weighted by Crippen LogP contribution is -2.44. The Morgan fingerprint density at radius 1 is 0.939 bits per heavy atom. The number of imide groups is 1. The van der Waals surface area contributed by atoms with Crippen LogP contribution in [0.5, 0.6) is 0 Å². The van der Waals surface area contributed by atoms with Crippen molar-refractivity contribution in [3.8, 4) is 0 Å². The number of carbonyl (C=O) groups excluding carboxylic acids is 3. The Hall–Kier alpha value is -3.51. The molecule has 0 radical (unpaired) electrons. The lowest BCUT2D eigenvalue weighted by atomic mass is 9.84. The van der Waals surface area contributed by atoms with Crippen molar-refractivity contribution in [2.45, 2.75) is 25.9 Å². The largest absolute Gasteiger partial charge is 0.358 e. The molecular formula is C27H22N2O3S. The van der Waals surface area contributed by atoms with E-state index in [9.17, 15) is 14.4 Å². The number of ketones is 1. The SMILES string of the molecule is Cc1ccc(N2C(=O)C3C(C2=O)C2c4ccccc4C=CN2C3C(=O)c2cccs2)c(C)c1. The number of amides is 2. The number of thiophene rings is 1. The number of rotatable bonds is 3. The Morgan fingerprint density at radius 3 is 2.48 bits per heavy atom. The maximum absolute atomic E-state index is 13.9. The van der Waals surface area contributed by atoms with Gasteiger partial charge in [0.1, 0.15) is 6.04 Å². The Kier molecular flexibility index (Phi) is 4.42. The van der Waals surface area contributed by atoms with Crippen molar-refractivity contribution in [2.75, 3.05) is 4.90 Å². The molecule has 2 amide bonds. The molecule has 3 aliphatic rings.